The van der Waals surface area contributed by atoms with Crippen molar-refractivity contribution in [2.24, 2.45) is 11.7 Å². The Morgan fingerprint density at radius 1 is 1.47 bits per heavy atom. The molecule has 17 heavy (non-hydrogen) atoms. The van der Waals surface area contributed by atoms with Crippen LogP contribution in [0.3, 0.4) is 0 Å². The fraction of sp³-hybridized carbons (Fsp3) is 0.917. The van der Waals surface area contributed by atoms with Crippen LogP contribution in [0.25, 0.3) is 0 Å². The molecule has 5 heteroatoms. The van der Waals surface area contributed by atoms with Gasteiger partial charge in [0.15, 0.2) is 0 Å². The molecule has 1 aliphatic carbocycles. The lowest BCUT2D eigenvalue weighted by molar-refractivity contribution is -0.128. The van der Waals surface area contributed by atoms with Gasteiger partial charge in [-0.25, -0.2) is 0 Å². The van der Waals surface area contributed by atoms with Crippen molar-refractivity contribution in [3.05, 3.63) is 0 Å². The number of hydrogen-bond acceptors (Lipinski definition) is 4. The van der Waals surface area contributed by atoms with Crippen molar-refractivity contribution in [2.45, 2.75) is 38.3 Å². The highest BCUT2D eigenvalue weighted by atomic mass is 16.5. The quantitative estimate of drug-likeness (QED) is 0.571. The molecule has 0 radical (unpaired) electrons. The topological polar surface area (TPSA) is 73.6 Å². The zero-order valence-corrected chi connectivity index (χ0v) is 11.0. The van der Waals surface area contributed by atoms with Crippen LogP contribution in [0.2, 0.25) is 0 Å². The van der Waals surface area contributed by atoms with Crippen LogP contribution in [0.1, 0.15) is 26.7 Å². The highest BCUT2D eigenvalue weighted by Crippen LogP contribution is 2.39. The second-order valence-electron chi connectivity index (χ2n) is 4.83. The van der Waals surface area contributed by atoms with Crippen LogP contribution in [0.5, 0.6) is 0 Å². The number of nitrogens with one attached hydrogen (secondary N) is 1. The van der Waals surface area contributed by atoms with Gasteiger partial charge in [0.1, 0.15) is 5.54 Å². The second-order valence-corrected chi connectivity index (χ2v) is 4.83. The second kappa shape index (κ2) is 6.33. The van der Waals surface area contributed by atoms with Gasteiger partial charge in [-0.1, -0.05) is 0 Å². The van der Waals surface area contributed by atoms with Crippen LogP contribution in [0.15, 0.2) is 0 Å². The van der Waals surface area contributed by atoms with E-state index in [1.54, 1.807) is 7.05 Å². The summed E-state index contributed by atoms with van der Waals surface area (Å²) in [4.78, 5) is 11.6. The first kappa shape index (κ1) is 14.4. The number of primary amides is 1. The zero-order chi connectivity index (χ0) is 12.9. The summed E-state index contributed by atoms with van der Waals surface area (Å²) in [7, 11) is 1.76. The molecule has 100 valence electrons. The van der Waals surface area contributed by atoms with Gasteiger partial charge in [-0.3, -0.25) is 4.79 Å². The number of likely N-dealkylation sites (N-methyl/N-ethyl adjacent to an activating group) is 1. The van der Waals surface area contributed by atoms with Crippen molar-refractivity contribution in [3.8, 4) is 0 Å². The third kappa shape index (κ3) is 3.94. The Hall–Kier alpha value is -0.650. The Morgan fingerprint density at radius 3 is 2.53 bits per heavy atom. The Morgan fingerprint density at radius 2 is 2.12 bits per heavy atom. The SMILES string of the molecule is CNC(COCCOC(C)C)(C(N)=O)C1CC1. The molecule has 1 atom stereocenters. The Bertz CT molecular complexity index is 254. The van der Waals surface area contributed by atoms with Crippen LogP contribution in [0, 0.1) is 5.92 Å². The van der Waals surface area contributed by atoms with E-state index in [1.165, 1.54) is 0 Å². The lowest BCUT2D eigenvalue weighted by Gasteiger charge is -2.30. The largest absolute Gasteiger partial charge is 0.377 e. The Labute approximate surface area is 103 Å². The molecule has 0 aromatic heterocycles. The van der Waals surface area contributed by atoms with Crippen molar-refractivity contribution in [1.29, 1.82) is 0 Å². The van der Waals surface area contributed by atoms with E-state index in [1.807, 2.05) is 13.8 Å². The molecule has 3 N–H and O–H groups in total. The first-order chi connectivity index (χ1) is 8.03. The summed E-state index contributed by atoms with van der Waals surface area (Å²) in [5, 5.41) is 3.04. The number of ether oxygens (including phenoxy) is 2. The summed E-state index contributed by atoms with van der Waals surface area (Å²) >= 11 is 0. The molecule has 0 aliphatic heterocycles. The predicted octanol–water partition coefficient (Wildman–Crippen LogP) is 0.281. The van der Waals surface area contributed by atoms with Crippen molar-refractivity contribution in [1.82, 2.24) is 5.32 Å². The van der Waals surface area contributed by atoms with Crippen LogP contribution in [-0.2, 0) is 14.3 Å². The zero-order valence-electron chi connectivity index (χ0n) is 11.0. The standard InChI is InChI=1S/C12H24N2O3/c1-9(2)17-7-6-16-8-12(14-3,11(13)15)10-4-5-10/h9-10,14H,4-8H2,1-3H3,(H2,13,15). The minimum absolute atomic E-state index is 0.201. The van der Waals surface area contributed by atoms with Crippen LogP contribution >= 0.6 is 0 Å². The minimum atomic E-state index is -0.697. The third-order valence-corrected chi connectivity index (χ3v) is 3.17. The highest BCUT2D eigenvalue weighted by Gasteiger charge is 2.49. The van der Waals surface area contributed by atoms with E-state index in [0.717, 1.165) is 12.8 Å². The molecule has 0 heterocycles. The smallest absolute Gasteiger partial charge is 0.240 e. The van der Waals surface area contributed by atoms with E-state index in [-0.39, 0.29) is 12.0 Å². The van der Waals surface area contributed by atoms with Crippen molar-refractivity contribution >= 4 is 5.91 Å². The fourth-order valence-electron chi connectivity index (χ4n) is 1.94. The van der Waals surface area contributed by atoms with Gasteiger partial charge in [0.25, 0.3) is 0 Å². The normalized spacial score (nSPS) is 19.3. The lowest BCUT2D eigenvalue weighted by atomic mass is 9.93. The number of carbonyl (C=O) groups is 1. The lowest BCUT2D eigenvalue weighted by Crippen LogP contribution is -2.59. The fourth-order valence-corrected chi connectivity index (χ4v) is 1.94. The predicted molar refractivity (Wildman–Crippen MR) is 65.6 cm³/mol. The first-order valence-electron chi connectivity index (χ1n) is 6.21. The summed E-state index contributed by atoms with van der Waals surface area (Å²) < 4.78 is 10.9. The van der Waals surface area contributed by atoms with E-state index in [9.17, 15) is 4.79 Å². The van der Waals surface area contributed by atoms with Gasteiger partial charge in [-0.15, -0.1) is 0 Å². The molecule has 1 rings (SSSR count). The van der Waals surface area contributed by atoms with Gasteiger partial charge < -0.3 is 20.5 Å². The van der Waals surface area contributed by atoms with Gasteiger partial charge in [0, 0.05) is 0 Å². The number of rotatable bonds is 9. The maximum absolute atomic E-state index is 11.6. The Kier molecular flexibility index (Phi) is 5.36. The van der Waals surface area contributed by atoms with Gasteiger partial charge in [-0.2, -0.15) is 0 Å². The van der Waals surface area contributed by atoms with Crippen LogP contribution in [-0.4, -0.2) is 44.4 Å². The minimum Gasteiger partial charge on any atom is -0.377 e. The van der Waals surface area contributed by atoms with E-state index in [2.05, 4.69) is 5.32 Å². The van der Waals surface area contributed by atoms with E-state index < -0.39 is 5.54 Å². The summed E-state index contributed by atoms with van der Waals surface area (Å²) in [6.45, 7) is 5.31. The summed E-state index contributed by atoms with van der Waals surface area (Å²) in [6, 6.07) is 0. The average molecular weight is 244 g/mol. The van der Waals surface area contributed by atoms with Crippen molar-refractivity contribution < 1.29 is 14.3 Å². The first-order valence-corrected chi connectivity index (χ1v) is 6.21. The summed E-state index contributed by atoms with van der Waals surface area (Å²) in [6.07, 6.45) is 2.28. The van der Waals surface area contributed by atoms with E-state index in [4.69, 9.17) is 15.2 Å². The molecular weight excluding hydrogens is 220 g/mol. The van der Waals surface area contributed by atoms with Gasteiger partial charge in [0.05, 0.1) is 25.9 Å². The molecule has 0 saturated heterocycles. The monoisotopic (exact) mass is 244 g/mol. The molecule has 0 bridgehead atoms. The van der Waals surface area contributed by atoms with Crippen molar-refractivity contribution in [2.75, 3.05) is 26.9 Å². The summed E-state index contributed by atoms with van der Waals surface area (Å²) in [5.74, 6) is -0.0108. The molecule has 1 unspecified atom stereocenters. The molecule has 0 spiro atoms. The molecular formula is C12H24N2O3. The van der Waals surface area contributed by atoms with Gasteiger partial charge >= 0.3 is 0 Å². The molecule has 1 aliphatic rings. The maximum atomic E-state index is 11.6. The molecule has 0 aromatic carbocycles. The molecule has 5 nitrogen and oxygen atoms in total. The Balaban J connectivity index is 2.32. The van der Waals surface area contributed by atoms with E-state index >= 15 is 0 Å². The third-order valence-electron chi connectivity index (χ3n) is 3.17. The molecule has 1 amide bonds. The summed E-state index contributed by atoms with van der Waals surface area (Å²) in [5.41, 5.74) is 4.78. The van der Waals surface area contributed by atoms with Crippen LogP contribution < -0.4 is 11.1 Å². The molecule has 1 fully saturated rings. The highest BCUT2D eigenvalue weighted by molar-refractivity contribution is 5.85. The van der Waals surface area contributed by atoms with Gasteiger partial charge in [0.2, 0.25) is 5.91 Å². The van der Waals surface area contributed by atoms with E-state index in [0.29, 0.717) is 25.7 Å². The number of carbonyl (C=O) groups excluding carboxylic acids is 1. The number of hydrogen-bond donors (Lipinski definition) is 2. The van der Waals surface area contributed by atoms with Gasteiger partial charge in [-0.05, 0) is 39.7 Å². The number of nitrogens with two attached hydrogens (primary N) is 1. The molecule has 0 aromatic rings. The van der Waals surface area contributed by atoms with Crippen LogP contribution in [0.4, 0.5) is 0 Å². The molecule has 1 saturated carbocycles. The van der Waals surface area contributed by atoms with Crippen molar-refractivity contribution in [3.63, 3.8) is 0 Å². The average Bonchev–Trinajstić information content (AvgIpc) is 3.07. The number of amides is 1. The maximum Gasteiger partial charge on any atom is 0.240 e.